The number of ether oxygens (including phenoxy) is 4. The molecule has 0 saturated carbocycles. The minimum atomic E-state index is -0.448. The van der Waals surface area contributed by atoms with Crippen molar-refractivity contribution >= 4 is 52.2 Å². The number of anilines is 6. The smallest absolute Gasteiger partial charge is 0.330 e. The number of rotatable bonds is 19. The summed E-state index contributed by atoms with van der Waals surface area (Å²) in [6.07, 6.45) is 7.08. The minimum Gasteiger partial charge on any atom is -0.458 e. The first-order valence-corrected chi connectivity index (χ1v) is 23.0. The lowest BCUT2D eigenvalue weighted by Crippen LogP contribution is -2.10. The number of hydrogen-bond acceptors (Lipinski definition) is 7. The van der Waals surface area contributed by atoms with Crippen LogP contribution < -0.4 is 19.3 Å². The third-order valence-corrected chi connectivity index (χ3v) is 11.8. The summed E-state index contributed by atoms with van der Waals surface area (Å²) in [5.74, 6) is 2.48. The zero-order chi connectivity index (χ0) is 48.1. The zero-order valence-electron chi connectivity index (χ0n) is 39.6. The van der Waals surface area contributed by atoms with Crippen LogP contribution >= 0.6 is 0 Å². The maximum absolute atomic E-state index is 11.6. The van der Waals surface area contributed by atoms with Crippen LogP contribution in [0.3, 0.4) is 0 Å². The number of aryl methyl sites for hydroxylation is 4. The van der Waals surface area contributed by atoms with E-state index in [9.17, 15) is 4.79 Å². The van der Waals surface area contributed by atoms with Gasteiger partial charge in [0.25, 0.3) is 0 Å². The van der Waals surface area contributed by atoms with Gasteiger partial charge in [0.05, 0.1) is 13.2 Å². The van der Waals surface area contributed by atoms with Gasteiger partial charge in [0.2, 0.25) is 0 Å². The molecule has 0 saturated heterocycles. The quantitative estimate of drug-likeness (QED) is 0.0263. The van der Waals surface area contributed by atoms with Crippen molar-refractivity contribution < 1.29 is 23.7 Å². The molecule has 0 N–H and O–H groups in total. The van der Waals surface area contributed by atoms with Gasteiger partial charge in [-0.3, -0.25) is 0 Å². The van der Waals surface area contributed by atoms with Gasteiger partial charge < -0.3 is 28.7 Å². The molecule has 7 nitrogen and oxygen atoms in total. The lowest BCUT2D eigenvalue weighted by Gasteiger charge is -2.26. The second kappa shape index (κ2) is 22.4. The molecule has 0 unspecified atom stereocenters. The fourth-order valence-electron chi connectivity index (χ4n) is 7.73. The van der Waals surface area contributed by atoms with Crippen molar-refractivity contribution in [2.75, 3.05) is 16.4 Å². The van der Waals surface area contributed by atoms with E-state index < -0.39 is 5.97 Å². The lowest BCUT2D eigenvalue weighted by atomic mass is 10.1. The molecule has 8 rings (SSSR count). The number of carbonyl (C=O) groups excluding carboxylic acids is 1. The first-order valence-electron chi connectivity index (χ1n) is 23.0. The Bertz CT molecular complexity index is 3070. The molecule has 8 aromatic carbocycles. The van der Waals surface area contributed by atoms with Gasteiger partial charge in [-0.25, -0.2) is 4.79 Å². The second-order valence-corrected chi connectivity index (χ2v) is 16.8. The molecule has 0 aliphatic rings. The van der Waals surface area contributed by atoms with E-state index in [4.69, 9.17) is 18.9 Å². The van der Waals surface area contributed by atoms with Crippen LogP contribution in [-0.2, 0) is 27.5 Å². The predicted octanol–water partition coefficient (Wildman–Crippen LogP) is 16.5. The van der Waals surface area contributed by atoms with Crippen LogP contribution in [0.1, 0.15) is 44.5 Å². The number of benzene rings is 8. The molecule has 0 radical (unpaired) electrons. The topological polar surface area (TPSA) is 60.5 Å². The van der Waals surface area contributed by atoms with Crippen LogP contribution in [0.15, 0.2) is 207 Å². The Hall–Kier alpha value is -8.39. The Kier molecular flexibility index (Phi) is 15.3. The molecule has 0 aliphatic carbocycles. The van der Waals surface area contributed by atoms with Crippen LogP contribution in [0, 0.1) is 27.7 Å². The highest BCUT2D eigenvalue weighted by molar-refractivity contribution is 5.81. The highest BCUT2D eigenvalue weighted by atomic mass is 16.5. The van der Waals surface area contributed by atoms with Crippen LogP contribution in [0.4, 0.5) is 34.1 Å². The SMILES string of the molecule is C=CCOCc1ccc(N(c2ccc(Oc3cccc(/C=C\c4cccc(Oc5ccc(N(c6ccc(COC(=O)C=C)cc6)c6ccc(C)c(C)c6)cc5)c4)c3)cc2)c2ccc(C)c(C)c2)cc1. The Labute approximate surface area is 406 Å². The third kappa shape index (κ3) is 12.3. The van der Waals surface area contributed by atoms with Gasteiger partial charge in [0, 0.05) is 40.2 Å². The normalized spacial score (nSPS) is 11.0. The van der Waals surface area contributed by atoms with Crippen molar-refractivity contribution in [3.63, 3.8) is 0 Å². The van der Waals surface area contributed by atoms with E-state index in [1.165, 1.54) is 28.3 Å². The monoisotopic (exact) mass is 908 g/mol. The summed E-state index contributed by atoms with van der Waals surface area (Å²) in [6, 6.07) is 61.9. The summed E-state index contributed by atoms with van der Waals surface area (Å²) in [7, 11) is 0. The first kappa shape index (κ1) is 47.1. The average Bonchev–Trinajstić information content (AvgIpc) is 3.37. The molecule has 8 aromatic rings. The predicted molar refractivity (Wildman–Crippen MR) is 283 cm³/mol. The molecule has 344 valence electrons. The fourth-order valence-corrected chi connectivity index (χ4v) is 7.73. The van der Waals surface area contributed by atoms with Gasteiger partial charge in [-0.1, -0.05) is 85.5 Å². The van der Waals surface area contributed by atoms with Crippen LogP contribution in [0.25, 0.3) is 12.2 Å². The van der Waals surface area contributed by atoms with Crippen molar-refractivity contribution in [3.05, 3.63) is 252 Å². The molecular weight excluding hydrogens is 853 g/mol. The number of carbonyl (C=O) groups is 1. The Morgan fingerprint density at radius 1 is 0.449 bits per heavy atom. The Morgan fingerprint density at radius 2 is 0.855 bits per heavy atom. The summed E-state index contributed by atoms with van der Waals surface area (Å²) in [5.41, 5.74) is 15.0. The molecular formula is C62H56N2O5. The maximum atomic E-state index is 11.6. The molecule has 0 fully saturated rings. The summed E-state index contributed by atoms with van der Waals surface area (Å²) >= 11 is 0. The Morgan fingerprint density at radius 3 is 1.26 bits per heavy atom. The highest BCUT2D eigenvalue weighted by Crippen LogP contribution is 2.39. The Balaban J connectivity index is 0.933. The van der Waals surface area contributed by atoms with Crippen molar-refractivity contribution in [3.8, 4) is 23.0 Å². The fraction of sp³-hybridized carbons (Fsp3) is 0.113. The van der Waals surface area contributed by atoms with Gasteiger partial charge in [0.15, 0.2) is 0 Å². The average molecular weight is 909 g/mol. The standard InChI is InChI=1S/C62H56N2O5/c1-7-37-66-42-50-19-25-52(26-20-50)63(56-23-15-44(3)46(5)38-56)54-29-33-58(34-30-54)68-60-13-9-11-48(40-60)17-18-49-12-10-14-61(41-49)69-59-35-31-55(32-36-59)64(57-24-16-45(4)47(6)39-57)53-27-21-51(22-28-53)43-67-62(65)8-2/h7-36,38-41H,1-2,37,42-43H2,3-6H3/b18-17-. The lowest BCUT2D eigenvalue weighted by molar-refractivity contribution is -0.138. The molecule has 0 amide bonds. The number of nitrogens with zero attached hydrogens (tertiary/aromatic N) is 2. The second-order valence-electron chi connectivity index (χ2n) is 16.8. The van der Waals surface area contributed by atoms with E-state index in [1.54, 1.807) is 6.08 Å². The molecule has 7 heteroatoms. The maximum Gasteiger partial charge on any atom is 0.330 e. The van der Waals surface area contributed by atoms with Crippen molar-refractivity contribution in [1.82, 2.24) is 0 Å². The van der Waals surface area contributed by atoms with Crippen molar-refractivity contribution in [1.29, 1.82) is 0 Å². The van der Waals surface area contributed by atoms with Crippen LogP contribution in [0.2, 0.25) is 0 Å². The van der Waals surface area contributed by atoms with Gasteiger partial charge in [-0.15, -0.1) is 6.58 Å². The van der Waals surface area contributed by atoms with Gasteiger partial charge >= 0.3 is 5.97 Å². The van der Waals surface area contributed by atoms with E-state index in [-0.39, 0.29) is 6.61 Å². The van der Waals surface area contributed by atoms with E-state index in [0.717, 1.165) is 79.4 Å². The summed E-state index contributed by atoms with van der Waals surface area (Å²) in [5, 5.41) is 0. The first-order chi connectivity index (χ1) is 33.6. The summed E-state index contributed by atoms with van der Waals surface area (Å²) in [6.45, 7) is 17.0. The molecule has 0 bridgehead atoms. The highest BCUT2D eigenvalue weighted by Gasteiger charge is 2.16. The number of esters is 1. The third-order valence-electron chi connectivity index (χ3n) is 11.8. The summed E-state index contributed by atoms with van der Waals surface area (Å²) in [4.78, 5) is 16.1. The van der Waals surface area contributed by atoms with Gasteiger partial charge in [-0.05, 0) is 194 Å². The number of hydrogen-bond donors (Lipinski definition) is 0. The van der Waals surface area contributed by atoms with Gasteiger partial charge in [-0.2, -0.15) is 0 Å². The molecule has 0 heterocycles. The molecule has 69 heavy (non-hydrogen) atoms. The van der Waals surface area contributed by atoms with Crippen molar-refractivity contribution in [2.24, 2.45) is 0 Å². The van der Waals surface area contributed by atoms with Gasteiger partial charge in [0.1, 0.15) is 29.6 Å². The minimum absolute atomic E-state index is 0.178. The largest absolute Gasteiger partial charge is 0.458 e. The molecule has 0 aliphatic heterocycles. The van der Waals surface area contributed by atoms with Crippen LogP contribution in [-0.4, -0.2) is 12.6 Å². The zero-order valence-corrected chi connectivity index (χ0v) is 39.6. The molecule has 0 atom stereocenters. The molecule has 0 spiro atoms. The van der Waals surface area contributed by atoms with Crippen molar-refractivity contribution in [2.45, 2.75) is 40.9 Å². The molecule has 0 aromatic heterocycles. The van der Waals surface area contributed by atoms with E-state index >= 15 is 0 Å². The van der Waals surface area contributed by atoms with E-state index in [0.29, 0.717) is 13.2 Å². The van der Waals surface area contributed by atoms with E-state index in [1.807, 2.05) is 84.9 Å². The van der Waals surface area contributed by atoms with Crippen LogP contribution in [0.5, 0.6) is 23.0 Å². The van der Waals surface area contributed by atoms with E-state index in [2.05, 4.69) is 160 Å². The summed E-state index contributed by atoms with van der Waals surface area (Å²) < 4.78 is 23.7.